The zero-order chi connectivity index (χ0) is 21.5. The Morgan fingerprint density at radius 1 is 1.20 bits per heavy atom. The highest BCUT2D eigenvalue weighted by Crippen LogP contribution is 2.30. The molecule has 0 unspecified atom stereocenters. The van der Waals surface area contributed by atoms with Crippen molar-refractivity contribution in [3.8, 4) is 16.9 Å². The Labute approximate surface area is 179 Å². The minimum atomic E-state index is -0.314. The van der Waals surface area contributed by atoms with E-state index >= 15 is 0 Å². The van der Waals surface area contributed by atoms with Gasteiger partial charge in [-0.25, -0.2) is 19.0 Å². The number of halogens is 1. The average molecular weight is 425 g/mol. The maximum absolute atomic E-state index is 14.7. The number of nitrogens with zero attached hydrogens (tertiary/aromatic N) is 5. The maximum atomic E-state index is 14.7. The van der Waals surface area contributed by atoms with E-state index in [2.05, 4.69) is 54.1 Å². The van der Waals surface area contributed by atoms with Gasteiger partial charge in [0.25, 0.3) is 0 Å². The molecule has 8 heteroatoms. The Balaban J connectivity index is 1.58. The third-order valence-electron chi connectivity index (χ3n) is 4.82. The highest BCUT2D eigenvalue weighted by Gasteiger charge is 2.20. The molecule has 0 saturated carbocycles. The van der Waals surface area contributed by atoms with Crippen LogP contribution in [0.5, 0.6) is 0 Å². The van der Waals surface area contributed by atoms with E-state index < -0.39 is 0 Å². The second-order valence-electron chi connectivity index (χ2n) is 8.23. The fraction of sp³-hybridized carbons (Fsp3) is 0.318. The van der Waals surface area contributed by atoms with E-state index in [0.29, 0.717) is 5.69 Å². The summed E-state index contributed by atoms with van der Waals surface area (Å²) in [5.74, 6) is 0.589. The van der Waals surface area contributed by atoms with Crippen LogP contribution in [0.2, 0.25) is 0 Å². The van der Waals surface area contributed by atoms with E-state index in [1.54, 1.807) is 23.2 Å². The summed E-state index contributed by atoms with van der Waals surface area (Å²) in [6.45, 7) is 11.1. The van der Waals surface area contributed by atoms with Gasteiger partial charge in [-0.05, 0) is 26.0 Å². The summed E-state index contributed by atoms with van der Waals surface area (Å²) in [6.07, 6.45) is 3.41. The molecule has 0 fully saturated rings. The second kappa shape index (κ2) is 7.68. The van der Waals surface area contributed by atoms with Crippen molar-refractivity contribution in [1.29, 1.82) is 0 Å². The van der Waals surface area contributed by atoms with E-state index in [1.165, 1.54) is 17.4 Å². The summed E-state index contributed by atoms with van der Waals surface area (Å²) in [5, 5.41) is 10.7. The molecule has 0 aliphatic rings. The average Bonchev–Trinajstić information content (AvgIpc) is 3.41. The van der Waals surface area contributed by atoms with Gasteiger partial charge >= 0.3 is 0 Å². The van der Waals surface area contributed by atoms with Crippen LogP contribution in [0.25, 0.3) is 16.9 Å². The summed E-state index contributed by atoms with van der Waals surface area (Å²) in [6, 6.07) is 7.20. The van der Waals surface area contributed by atoms with Crippen LogP contribution in [0.3, 0.4) is 0 Å². The molecular formula is C22H25FN6S. The van der Waals surface area contributed by atoms with Crippen molar-refractivity contribution in [2.75, 3.05) is 5.32 Å². The molecule has 0 aliphatic heterocycles. The number of imidazole rings is 1. The number of thiazole rings is 1. The number of rotatable bonds is 5. The van der Waals surface area contributed by atoms with Crippen molar-refractivity contribution in [2.24, 2.45) is 0 Å². The van der Waals surface area contributed by atoms with Crippen molar-refractivity contribution in [3.05, 3.63) is 59.4 Å². The van der Waals surface area contributed by atoms with Gasteiger partial charge in [0.15, 0.2) is 5.13 Å². The molecule has 0 aliphatic carbocycles. The number of anilines is 2. The Morgan fingerprint density at radius 3 is 2.63 bits per heavy atom. The zero-order valence-corrected chi connectivity index (χ0v) is 18.6. The van der Waals surface area contributed by atoms with Gasteiger partial charge in [0.1, 0.15) is 11.6 Å². The van der Waals surface area contributed by atoms with Gasteiger partial charge in [0, 0.05) is 35.2 Å². The van der Waals surface area contributed by atoms with E-state index in [4.69, 9.17) is 0 Å². The smallest absolute Gasteiger partial charge is 0.188 e. The standard InChI is InChI=1S/C22H25FN6S/c1-6-29-20(10-19(27-29)22(3,4)5)26-21-25-17(12-30-21)15-7-8-18(16(23)9-15)28-11-14(2)24-13-28/h7-13H,6H2,1-5H3,(H,25,26). The van der Waals surface area contributed by atoms with Crippen molar-refractivity contribution < 1.29 is 4.39 Å². The van der Waals surface area contributed by atoms with Crippen molar-refractivity contribution in [1.82, 2.24) is 24.3 Å². The SMILES string of the molecule is CCn1nc(C(C)(C)C)cc1Nc1nc(-c2ccc(-n3cnc(C)c3)c(F)c2)cs1. The minimum absolute atomic E-state index is 0.0298. The first-order chi connectivity index (χ1) is 14.2. The molecular weight excluding hydrogens is 399 g/mol. The van der Waals surface area contributed by atoms with E-state index in [0.717, 1.165) is 40.1 Å². The van der Waals surface area contributed by atoms with Gasteiger partial charge in [0.05, 0.1) is 29.1 Å². The van der Waals surface area contributed by atoms with Gasteiger partial charge < -0.3 is 9.88 Å². The number of nitrogens with one attached hydrogen (secondary N) is 1. The molecule has 0 atom stereocenters. The Bertz CT molecular complexity index is 1180. The molecule has 0 saturated heterocycles. The number of benzene rings is 1. The summed E-state index contributed by atoms with van der Waals surface area (Å²) >= 11 is 1.48. The van der Waals surface area contributed by atoms with Gasteiger partial charge in [-0.1, -0.05) is 26.8 Å². The number of aryl methyl sites for hydroxylation is 2. The molecule has 3 aromatic heterocycles. The lowest BCUT2D eigenvalue weighted by Crippen LogP contribution is -2.12. The highest BCUT2D eigenvalue weighted by atomic mass is 32.1. The molecule has 0 radical (unpaired) electrons. The molecule has 30 heavy (non-hydrogen) atoms. The predicted octanol–water partition coefficient (Wildman–Crippen LogP) is 5.70. The van der Waals surface area contributed by atoms with Crippen LogP contribution >= 0.6 is 11.3 Å². The minimum Gasteiger partial charge on any atom is -0.316 e. The lowest BCUT2D eigenvalue weighted by molar-refractivity contribution is 0.542. The fourth-order valence-electron chi connectivity index (χ4n) is 3.13. The molecule has 0 bridgehead atoms. The maximum Gasteiger partial charge on any atom is 0.188 e. The topological polar surface area (TPSA) is 60.6 Å². The molecule has 156 valence electrons. The van der Waals surface area contributed by atoms with Crippen LogP contribution in [0.4, 0.5) is 15.3 Å². The number of hydrogen-bond acceptors (Lipinski definition) is 5. The molecule has 0 amide bonds. The summed E-state index contributed by atoms with van der Waals surface area (Å²) in [7, 11) is 0. The molecule has 0 spiro atoms. The zero-order valence-electron chi connectivity index (χ0n) is 17.8. The first kappa shape index (κ1) is 20.3. The largest absolute Gasteiger partial charge is 0.316 e. The van der Waals surface area contributed by atoms with E-state index in [-0.39, 0.29) is 11.2 Å². The number of hydrogen-bond donors (Lipinski definition) is 1. The van der Waals surface area contributed by atoms with Crippen LogP contribution in [-0.4, -0.2) is 24.3 Å². The lowest BCUT2D eigenvalue weighted by atomic mass is 9.92. The molecule has 1 N–H and O–H groups in total. The molecule has 4 aromatic rings. The third kappa shape index (κ3) is 4.00. The highest BCUT2D eigenvalue weighted by molar-refractivity contribution is 7.14. The lowest BCUT2D eigenvalue weighted by Gasteiger charge is -2.13. The van der Waals surface area contributed by atoms with E-state index in [9.17, 15) is 4.39 Å². The van der Waals surface area contributed by atoms with Crippen molar-refractivity contribution in [2.45, 2.75) is 46.6 Å². The molecule has 1 aromatic carbocycles. The summed E-state index contributed by atoms with van der Waals surface area (Å²) in [5.41, 5.74) is 3.77. The fourth-order valence-corrected chi connectivity index (χ4v) is 3.85. The normalized spacial score (nSPS) is 11.8. The van der Waals surface area contributed by atoms with Crippen molar-refractivity contribution >= 4 is 22.3 Å². The first-order valence-electron chi connectivity index (χ1n) is 9.86. The van der Waals surface area contributed by atoms with E-state index in [1.807, 2.05) is 23.1 Å². The van der Waals surface area contributed by atoms with Crippen LogP contribution in [0.1, 0.15) is 39.1 Å². The molecule has 6 nitrogen and oxygen atoms in total. The molecule has 4 rings (SSSR count). The number of aromatic nitrogens is 5. The van der Waals surface area contributed by atoms with Crippen LogP contribution < -0.4 is 5.32 Å². The summed E-state index contributed by atoms with van der Waals surface area (Å²) < 4.78 is 18.3. The monoisotopic (exact) mass is 424 g/mol. The Morgan fingerprint density at radius 2 is 2.00 bits per heavy atom. The second-order valence-corrected chi connectivity index (χ2v) is 9.09. The predicted molar refractivity (Wildman–Crippen MR) is 119 cm³/mol. The van der Waals surface area contributed by atoms with Crippen molar-refractivity contribution in [3.63, 3.8) is 0 Å². The molecule has 3 heterocycles. The van der Waals surface area contributed by atoms with Crippen LogP contribution in [-0.2, 0) is 12.0 Å². The third-order valence-corrected chi connectivity index (χ3v) is 5.58. The van der Waals surface area contributed by atoms with Gasteiger partial charge in [-0.15, -0.1) is 11.3 Å². The first-order valence-corrected chi connectivity index (χ1v) is 10.7. The van der Waals surface area contributed by atoms with Crippen LogP contribution in [0.15, 0.2) is 42.2 Å². The Hall–Kier alpha value is -3.00. The Kier molecular flexibility index (Phi) is 5.19. The van der Waals surface area contributed by atoms with Gasteiger partial charge in [0.2, 0.25) is 0 Å². The van der Waals surface area contributed by atoms with Crippen LogP contribution in [0, 0.1) is 12.7 Å². The van der Waals surface area contributed by atoms with Gasteiger partial charge in [-0.3, -0.25) is 0 Å². The quantitative estimate of drug-likeness (QED) is 0.446. The summed E-state index contributed by atoms with van der Waals surface area (Å²) in [4.78, 5) is 8.81. The van der Waals surface area contributed by atoms with Gasteiger partial charge in [-0.2, -0.15) is 5.10 Å².